The molecule has 1 aromatic carbocycles. The van der Waals surface area contributed by atoms with Crippen LogP contribution in [-0.4, -0.2) is 11.7 Å². The summed E-state index contributed by atoms with van der Waals surface area (Å²) in [7, 11) is 0. The molecule has 14 heavy (non-hydrogen) atoms. The van der Waals surface area contributed by atoms with Crippen molar-refractivity contribution in [1.82, 2.24) is 5.32 Å². The molecule has 0 radical (unpaired) electrons. The Morgan fingerprint density at radius 1 is 1.50 bits per heavy atom. The number of nitrogens with one attached hydrogen (secondary N) is 1. The average molecular weight is 188 g/mol. The normalized spacial score (nSPS) is 20.6. The highest BCUT2D eigenvalue weighted by molar-refractivity contribution is 5.44. The van der Waals surface area contributed by atoms with Gasteiger partial charge in [-0.3, -0.25) is 0 Å². The zero-order chi connectivity index (χ0) is 9.97. The maximum Gasteiger partial charge on any atom is 0.116 e. The first-order chi connectivity index (χ1) is 6.81. The fraction of sp³-hybridized carbons (Fsp3) is 0.364. The number of benzene rings is 1. The monoisotopic (exact) mass is 188 g/mol. The molecule has 0 spiro atoms. The first-order valence-electron chi connectivity index (χ1n) is 4.77. The molecule has 72 valence electrons. The number of aromatic hydroxyl groups is 1. The summed E-state index contributed by atoms with van der Waals surface area (Å²) >= 11 is 0. The van der Waals surface area contributed by atoms with Crippen LogP contribution in [0.15, 0.2) is 18.2 Å². The molecule has 1 aliphatic heterocycles. The molecule has 2 N–H and O–H groups in total. The number of hydrogen-bond donors (Lipinski definition) is 2. The van der Waals surface area contributed by atoms with Crippen molar-refractivity contribution in [1.29, 1.82) is 5.26 Å². The second-order valence-corrected chi connectivity index (χ2v) is 3.53. The molecule has 1 heterocycles. The Bertz CT molecular complexity index is 375. The third kappa shape index (κ3) is 1.57. The SMILES string of the molecule is N#Cc1cc(O)ccc1[C@@H]1CCCN1. The molecule has 0 unspecified atom stereocenters. The van der Waals surface area contributed by atoms with E-state index in [1.54, 1.807) is 6.07 Å². The minimum Gasteiger partial charge on any atom is -0.508 e. The van der Waals surface area contributed by atoms with Gasteiger partial charge in [0, 0.05) is 6.04 Å². The molecule has 0 bridgehead atoms. The summed E-state index contributed by atoms with van der Waals surface area (Å²) < 4.78 is 0. The molecule has 1 fully saturated rings. The minimum absolute atomic E-state index is 0.156. The van der Waals surface area contributed by atoms with Crippen molar-refractivity contribution in [3.05, 3.63) is 29.3 Å². The Morgan fingerprint density at radius 3 is 3.00 bits per heavy atom. The molecule has 1 saturated heterocycles. The molecule has 3 heteroatoms. The largest absolute Gasteiger partial charge is 0.508 e. The van der Waals surface area contributed by atoms with Crippen LogP contribution in [0.1, 0.15) is 30.0 Å². The smallest absolute Gasteiger partial charge is 0.116 e. The summed E-state index contributed by atoms with van der Waals surface area (Å²) in [5.74, 6) is 0.156. The van der Waals surface area contributed by atoms with Gasteiger partial charge in [-0.2, -0.15) is 5.26 Å². The summed E-state index contributed by atoms with van der Waals surface area (Å²) in [5, 5.41) is 21.5. The predicted molar refractivity (Wildman–Crippen MR) is 52.8 cm³/mol. The van der Waals surface area contributed by atoms with Gasteiger partial charge >= 0.3 is 0 Å². The van der Waals surface area contributed by atoms with E-state index in [0.29, 0.717) is 5.56 Å². The Hall–Kier alpha value is -1.53. The van der Waals surface area contributed by atoms with E-state index in [0.717, 1.165) is 24.9 Å². The van der Waals surface area contributed by atoms with E-state index in [-0.39, 0.29) is 11.8 Å². The highest BCUT2D eigenvalue weighted by atomic mass is 16.3. The molecular formula is C11H12N2O. The van der Waals surface area contributed by atoms with Crippen LogP contribution in [0.4, 0.5) is 0 Å². The quantitative estimate of drug-likeness (QED) is 0.705. The van der Waals surface area contributed by atoms with E-state index in [1.807, 2.05) is 6.07 Å². The Morgan fingerprint density at radius 2 is 2.36 bits per heavy atom. The molecule has 0 amide bonds. The first kappa shape index (κ1) is 9.04. The van der Waals surface area contributed by atoms with Crippen molar-refractivity contribution in [3.63, 3.8) is 0 Å². The topological polar surface area (TPSA) is 56.0 Å². The fourth-order valence-corrected chi connectivity index (χ4v) is 1.89. The Kier molecular flexibility index (Phi) is 2.38. The molecular weight excluding hydrogens is 176 g/mol. The maximum absolute atomic E-state index is 9.24. The Balaban J connectivity index is 2.37. The van der Waals surface area contributed by atoms with Crippen LogP contribution in [0.2, 0.25) is 0 Å². The van der Waals surface area contributed by atoms with Crippen LogP contribution >= 0.6 is 0 Å². The predicted octanol–water partition coefficient (Wildman–Crippen LogP) is 1.69. The van der Waals surface area contributed by atoms with Gasteiger partial charge in [0.15, 0.2) is 0 Å². The number of phenolic OH excluding ortho intramolecular Hbond substituents is 1. The molecule has 2 rings (SSSR count). The standard InChI is InChI=1S/C11H12N2O/c12-7-8-6-9(14)3-4-10(8)11-2-1-5-13-11/h3-4,6,11,13-14H,1-2,5H2/t11-/m0/s1. The van der Waals surface area contributed by atoms with Crippen molar-refractivity contribution in [2.24, 2.45) is 0 Å². The fourth-order valence-electron chi connectivity index (χ4n) is 1.89. The van der Waals surface area contributed by atoms with Crippen molar-refractivity contribution in [3.8, 4) is 11.8 Å². The average Bonchev–Trinajstić information content (AvgIpc) is 2.70. The molecule has 1 atom stereocenters. The van der Waals surface area contributed by atoms with Gasteiger partial charge in [0.25, 0.3) is 0 Å². The lowest BCUT2D eigenvalue weighted by molar-refractivity contribution is 0.474. The second-order valence-electron chi connectivity index (χ2n) is 3.53. The zero-order valence-corrected chi connectivity index (χ0v) is 7.83. The summed E-state index contributed by atoms with van der Waals surface area (Å²) in [4.78, 5) is 0. The van der Waals surface area contributed by atoms with Crippen LogP contribution in [0.5, 0.6) is 5.75 Å². The van der Waals surface area contributed by atoms with Gasteiger partial charge in [-0.05, 0) is 37.1 Å². The maximum atomic E-state index is 9.24. The third-order valence-corrected chi connectivity index (χ3v) is 2.59. The van der Waals surface area contributed by atoms with Crippen LogP contribution in [0.3, 0.4) is 0 Å². The molecule has 3 nitrogen and oxygen atoms in total. The van der Waals surface area contributed by atoms with Gasteiger partial charge in [0.2, 0.25) is 0 Å². The zero-order valence-electron chi connectivity index (χ0n) is 7.83. The summed E-state index contributed by atoms with van der Waals surface area (Å²) in [6.45, 7) is 1.01. The van der Waals surface area contributed by atoms with Crippen LogP contribution in [0, 0.1) is 11.3 Å². The Labute approximate surface area is 83.0 Å². The van der Waals surface area contributed by atoms with Crippen molar-refractivity contribution < 1.29 is 5.11 Å². The van der Waals surface area contributed by atoms with Crippen LogP contribution < -0.4 is 5.32 Å². The minimum atomic E-state index is 0.156. The molecule has 1 aliphatic rings. The molecule has 0 aromatic heterocycles. The number of nitrogens with zero attached hydrogens (tertiary/aromatic N) is 1. The van der Waals surface area contributed by atoms with Gasteiger partial charge in [0.05, 0.1) is 11.6 Å². The number of rotatable bonds is 1. The summed E-state index contributed by atoms with van der Waals surface area (Å²) in [5.41, 5.74) is 1.58. The van der Waals surface area contributed by atoms with Gasteiger partial charge in [-0.1, -0.05) is 6.07 Å². The van der Waals surface area contributed by atoms with E-state index in [4.69, 9.17) is 5.26 Å². The van der Waals surface area contributed by atoms with E-state index in [2.05, 4.69) is 11.4 Å². The number of phenols is 1. The number of nitriles is 1. The van der Waals surface area contributed by atoms with E-state index < -0.39 is 0 Å². The summed E-state index contributed by atoms with van der Waals surface area (Å²) in [6, 6.07) is 7.38. The third-order valence-electron chi connectivity index (χ3n) is 2.59. The van der Waals surface area contributed by atoms with E-state index in [9.17, 15) is 5.11 Å². The van der Waals surface area contributed by atoms with Gasteiger partial charge in [0.1, 0.15) is 5.75 Å². The molecule has 1 aromatic rings. The molecule has 0 aliphatic carbocycles. The van der Waals surface area contributed by atoms with Crippen molar-refractivity contribution in [2.45, 2.75) is 18.9 Å². The second kappa shape index (κ2) is 3.69. The molecule has 0 saturated carbocycles. The lowest BCUT2D eigenvalue weighted by Crippen LogP contribution is -2.13. The lowest BCUT2D eigenvalue weighted by atomic mass is 9.99. The van der Waals surface area contributed by atoms with Crippen molar-refractivity contribution >= 4 is 0 Å². The van der Waals surface area contributed by atoms with E-state index in [1.165, 1.54) is 6.07 Å². The van der Waals surface area contributed by atoms with Gasteiger partial charge in [-0.25, -0.2) is 0 Å². The van der Waals surface area contributed by atoms with Gasteiger partial charge in [-0.15, -0.1) is 0 Å². The highest BCUT2D eigenvalue weighted by Crippen LogP contribution is 2.27. The van der Waals surface area contributed by atoms with Crippen molar-refractivity contribution in [2.75, 3.05) is 6.54 Å². The van der Waals surface area contributed by atoms with Gasteiger partial charge < -0.3 is 10.4 Å². The first-order valence-corrected chi connectivity index (χ1v) is 4.77. The van der Waals surface area contributed by atoms with E-state index >= 15 is 0 Å². The van der Waals surface area contributed by atoms with Crippen LogP contribution in [-0.2, 0) is 0 Å². The highest BCUT2D eigenvalue weighted by Gasteiger charge is 2.19. The van der Waals surface area contributed by atoms with Crippen LogP contribution in [0.25, 0.3) is 0 Å². The summed E-state index contributed by atoms with van der Waals surface area (Å²) in [6.07, 6.45) is 2.22. The number of hydrogen-bond acceptors (Lipinski definition) is 3. The lowest BCUT2D eigenvalue weighted by Gasteiger charge is -2.12.